The Balaban J connectivity index is 1.41. The summed E-state index contributed by atoms with van der Waals surface area (Å²) in [6.45, 7) is 10.1. The summed E-state index contributed by atoms with van der Waals surface area (Å²) in [7, 11) is 0. The monoisotopic (exact) mass is 305 g/mol. The number of ether oxygens (including phenoxy) is 1. The van der Waals surface area contributed by atoms with E-state index in [0.29, 0.717) is 6.10 Å². The molecule has 0 amide bonds. The molecule has 0 aliphatic carbocycles. The van der Waals surface area contributed by atoms with Crippen LogP contribution in [0.5, 0.6) is 0 Å². The van der Waals surface area contributed by atoms with Gasteiger partial charge in [0, 0.05) is 57.2 Å². The molecule has 6 nitrogen and oxygen atoms in total. The van der Waals surface area contributed by atoms with Gasteiger partial charge in [0.05, 0.1) is 12.7 Å². The molecule has 2 saturated heterocycles. The minimum absolute atomic E-state index is 0.290. The topological polar surface area (TPSA) is 53.5 Å². The molecule has 1 atom stereocenters. The first-order valence-electron chi connectivity index (χ1n) is 8.45. The Hall–Kier alpha value is -1.24. The third kappa shape index (κ3) is 4.15. The molecule has 2 fully saturated rings. The number of hydrogen-bond acceptors (Lipinski definition) is 6. The summed E-state index contributed by atoms with van der Waals surface area (Å²) in [5.41, 5.74) is 1.13. The van der Waals surface area contributed by atoms with Crippen LogP contribution in [0.15, 0.2) is 12.4 Å². The second-order valence-corrected chi connectivity index (χ2v) is 6.10. The van der Waals surface area contributed by atoms with Gasteiger partial charge in [-0.3, -0.25) is 4.90 Å². The number of nitrogens with zero attached hydrogens (tertiary/aromatic N) is 4. The van der Waals surface area contributed by atoms with Crippen molar-refractivity contribution in [1.82, 2.24) is 20.2 Å². The van der Waals surface area contributed by atoms with Gasteiger partial charge in [0.25, 0.3) is 0 Å². The van der Waals surface area contributed by atoms with E-state index >= 15 is 0 Å². The molecule has 3 heterocycles. The predicted octanol–water partition coefficient (Wildman–Crippen LogP) is 0.887. The summed E-state index contributed by atoms with van der Waals surface area (Å²) in [4.78, 5) is 13.7. The van der Waals surface area contributed by atoms with Gasteiger partial charge in [-0.15, -0.1) is 0 Å². The number of rotatable bonds is 6. The zero-order valence-corrected chi connectivity index (χ0v) is 13.5. The second-order valence-electron chi connectivity index (χ2n) is 6.10. The van der Waals surface area contributed by atoms with Gasteiger partial charge in [0.2, 0.25) is 5.95 Å². The summed E-state index contributed by atoms with van der Waals surface area (Å²) in [6, 6.07) is 0. The van der Waals surface area contributed by atoms with Gasteiger partial charge in [-0.2, -0.15) is 0 Å². The van der Waals surface area contributed by atoms with E-state index in [1.54, 1.807) is 0 Å². The van der Waals surface area contributed by atoms with E-state index in [0.717, 1.165) is 63.9 Å². The zero-order chi connectivity index (χ0) is 15.2. The maximum atomic E-state index is 5.79. The van der Waals surface area contributed by atoms with Crippen molar-refractivity contribution >= 4 is 5.95 Å². The SMILES string of the molecule is CCN1CCOC(CNCc2cnc(N3CCCC3)nc2)C1. The fourth-order valence-corrected chi connectivity index (χ4v) is 3.09. The van der Waals surface area contributed by atoms with Crippen LogP contribution in [0.1, 0.15) is 25.3 Å². The van der Waals surface area contributed by atoms with Crippen molar-refractivity contribution in [2.24, 2.45) is 0 Å². The third-order valence-electron chi connectivity index (χ3n) is 4.45. The molecule has 2 aliphatic heterocycles. The first-order valence-corrected chi connectivity index (χ1v) is 8.45. The van der Waals surface area contributed by atoms with Crippen LogP contribution in [0, 0.1) is 0 Å². The lowest BCUT2D eigenvalue weighted by Gasteiger charge is -2.32. The van der Waals surface area contributed by atoms with Crippen molar-refractivity contribution in [2.45, 2.75) is 32.4 Å². The quantitative estimate of drug-likeness (QED) is 0.842. The Morgan fingerprint density at radius 3 is 2.73 bits per heavy atom. The largest absolute Gasteiger partial charge is 0.374 e. The molecule has 3 rings (SSSR count). The van der Waals surface area contributed by atoms with Crippen molar-refractivity contribution in [1.29, 1.82) is 0 Å². The molecule has 1 aromatic heterocycles. The van der Waals surface area contributed by atoms with E-state index in [-0.39, 0.29) is 0 Å². The highest BCUT2D eigenvalue weighted by Crippen LogP contribution is 2.14. The molecule has 1 aromatic rings. The number of hydrogen-bond donors (Lipinski definition) is 1. The molecule has 0 saturated carbocycles. The summed E-state index contributed by atoms with van der Waals surface area (Å²) in [6.07, 6.45) is 6.67. The maximum Gasteiger partial charge on any atom is 0.225 e. The summed E-state index contributed by atoms with van der Waals surface area (Å²) in [5, 5.41) is 3.46. The highest BCUT2D eigenvalue weighted by molar-refractivity contribution is 5.30. The Morgan fingerprint density at radius 2 is 2.00 bits per heavy atom. The van der Waals surface area contributed by atoms with Crippen molar-refractivity contribution < 1.29 is 4.74 Å². The van der Waals surface area contributed by atoms with Crippen LogP contribution in [-0.2, 0) is 11.3 Å². The molecule has 6 heteroatoms. The smallest absolute Gasteiger partial charge is 0.225 e. The van der Waals surface area contributed by atoms with E-state index in [1.165, 1.54) is 12.8 Å². The minimum Gasteiger partial charge on any atom is -0.374 e. The van der Waals surface area contributed by atoms with E-state index in [1.807, 2.05) is 12.4 Å². The third-order valence-corrected chi connectivity index (χ3v) is 4.45. The van der Waals surface area contributed by atoms with Crippen molar-refractivity contribution in [3.8, 4) is 0 Å². The fourth-order valence-electron chi connectivity index (χ4n) is 3.09. The molecule has 1 unspecified atom stereocenters. The highest BCUT2D eigenvalue weighted by atomic mass is 16.5. The predicted molar refractivity (Wildman–Crippen MR) is 87.0 cm³/mol. The number of aromatic nitrogens is 2. The first-order chi connectivity index (χ1) is 10.8. The van der Waals surface area contributed by atoms with Gasteiger partial charge in [0.15, 0.2) is 0 Å². The van der Waals surface area contributed by atoms with Crippen molar-refractivity contribution in [3.63, 3.8) is 0 Å². The highest BCUT2D eigenvalue weighted by Gasteiger charge is 2.18. The van der Waals surface area contributed by atoms with Gasteiger partial charge in [-0.1, -0.05) is 6.92 Å². The van der Waals surface area contributed by atoms with E-state index in [4.69, 9.17) is 4.74 Å². The van der Waals surface area contributed by atoms with Crippen LogP contribution < -0.4 is 10.2 Å². The molecule has 22 heavy (non-hydrogen) atoms. The van der Waals surface area contributed by atoms with Crippen LogP contribution in [0.3, 0.4) is 0 Å². The number of likely N-dealkylation sites (N-methyl/N-ethyl adjacent to an activating group) is 1. The van der Waals surface area contributed by atoms with Crippen LogP contribution in [0.25, 0.3) is 0 Å². The van der Waals surface area contributed by atoms with Crippen molar-refractivity contribution in [3.05, 3.63) is 18.0 Å². The van der Waals surface area contributed by atoms with Crippen molar-refractivity contribution in [2.75, 3.05) is 50.8 Å². The zero-order valence-electron chi connectivity index (χ0n) is 13.5. The minimum atomic E-state index is 0.290. The van der Waals surface area contributed by atoms with E-state index in [9.17, 15) is 0 Å². The van der Waals surface area contributed by atoms with Gasteiger partial charge < -0.3 is 15.0 Å². The number of nitrogens with one attached hydrogen (secondary N) is 1. The molecule has 1 N–H and O–H groups in total. The lowest BCUT2D eigenvalue weighted by atomic mass is 10.2. The number of anilines is 1. The van der Waals surface area contributed by atoms with Gasteiger partial charge in [-0.05, 0) is 19.4 Å². The van der Waals surface area contributed by atoms with E-state index in [2.05, 4.69) is 32.0 Å². The van der Waals surface area contributed by atoms with Gasteiger partial charge in [0.1, 0.15) is 0 Å². The van der Waals surface area contributed by atoms with Crippen LogP contribution >= 0.6 is 0 Å². The average molecular weight is 305 g/mol. The Bertz CT molecular complexity index is 446. The van der Waals surface area contributed by atoms with Crippen LogP contribution in [0.4, 0.5) is 5.95 Å². The molecular formula is C16H27N5O. The molecule has 0 aromatic carbocycles. The molecular weight excluding hydrogens is 278 g/mol. The van der Waals surface area contributed by atoms with Gasteiger partial charge in [-0.25, -0.2) is 9.97 Å². The van der Waals surface area contributed by atoms with Gasteiger partial charge >= 0.3 is 0 Å². The standard InChI is InChI=1S/C16H27N5O/c1-2-20-7-8-22-15(13-20)12-17-9-14-10-18-16(19-11-14)21-5-3-4-6-21/h10-11,15,17H,2-9,12-13H2,1H3. The van der Waals surface area contributed by atoms with E-state index < -0.39 is 0 Å². The van der Waals surface area contributed by atoms with Crippen LogP contribution in [-0.4, -0.2) is 66.8 Å². The lowest BCUT2D eigenvalue weighted by molar-refractivity contribution is -0.0253. The van der Waals surface area contributed by atoms with Crippen LogP contribution in [0.2, 0.25) is 0 Å². The molecule has 2 aliphatic rings. The summed E-state index contributed by atoms with van der Waals surface area (Å²) in [5.74, 6) is 0.871. The Kier molecular flexibility index (Phi) is 5.58. The summed E-state index contributed by atoms with van der Waals surface area (Å²) < 4.78 is 5.79. The summed E-state index contributed by atoms with van der Waals surface area (Å²) >= 11 is 0. The average Bonchev–Trinajstić information content (AvgIpc) is 3.10. The molecule has 0 radical (unpaired) electrons. The number of morpholine rings is 1. The Labute approximate surface area is 132 Å². The normalized spacial score (nSPS) is 23.1. The lowest BCUT2D eigenvalue weighted by Crippen LogP contribution is -2.46. The molecule has 0 bridgehead atoms. The molecule has 0 spiro atoms. The molecule has 122 valence electrons. The first kappa shape index (κ1) is 15.6. The second kappa shape index (κ2) is 7.85. The fraction of sp³-hybridized carbons (Fsp3) is 0.750. The maximum absolute atomic E-state index is 5.79. The Morgan fingerprint density at radius 1 is 1.23 bits per heavy atom.